The molecule has 0 spiro atoms. The van der Waals surface area contributed by atoms with E-state index in [9.17, 15) is 0 Å². The van der Waals surface area contributed by atoms with Crippen molar-refractivity contribution in [2.24, 2.45) is 7.05 Å². The van der Waals surface area contributed by atoms with E-state index in [1.807, 2.05) is 25.4 Å². The Morgan fingerprint density at radius 3 is 2.93 bits per heavy atom. The van der Waals surface area contributed by atoms with Gasteiger partial charge in [0.2, 0.25) is 0 Å². The van der Waals surface area contributed by atoms with Crippen molar-refractivity contribution < 1.29 is 0 Å². The number of rotatable bonds is 0. The highest BCUT2D eigenvalue weighted by Gasteiger charge is 2.06. The maximum absolute atomic E-state index is 4.27. The second-order valence-electron chi connectivity index (χ2n) is 3.34. The number of fused-ring (bicyclic) bond motifs is 3. The van der Waals surface area contributed by atoms with E-state index in [4.69, 9.17) is 0 Å². The Hall–Kier alpha value is -1.90. The van der Waals surface area contributed by atoms with Gasteiger partial charge in [-0.15, -0.1) is 0 Å². The molecular weight excluding hydrogens is 174 g/mol. The number of hydrogen-bond donors (Lipinski definition) is 0. The highest BCUT2D eigenvalue weighted by atomic mass is 15.0. The molecule has 0 saturated heterocycles. The molecule has 0 N–H and O–H groups in total. The topological polar surface area (TPSA) is 30.7 Å². The predicted octanol–water partition coefficient (Wildman–Crippen LogP) is 2.12. The quantitative estimate of drug-likeness (QED) is 0.534. The third-order valence-corrected chi connectivity index (χ3v) is 2.56. The first-order chi connectivity index (χ1) is 6.88. The van der Waals surface area contributed by atoms with Gasteiger partial charge < -0.3 is 4.57 Å². The molecule has 0 aliphatic heterocycles. The zero-order valence-corrected chi connectivity index (χ0v) is 7.81. The molecule has 68 valence electrons. The average molecular weight is 183 g/mol. The average Bonchev–Trinajstić information content (AvgIpc) is 2.55. The molecule has 0 unspecified atom stereocenters. The molecule has 3 heteroatoms. The van der Waals surface area contributed by atoms with E-state index in [0.29, 0.717) is 0 Å². The molecule has 3 aromatic rings. The first-order valence-corrected chi connectivity index (χ1v) is 4.51. The van der Waals surface area contributed by atoms with Crippen LogP contribution in [0.2, 0.25) is 0 Å². The van der Waals surface area contributed by atoms with Crippen LogP contribution in [0.15, 0.2) is 36.8 Å². The van der Waals surface area contributed by atoms with Crippen molar-refractivity contribution in [1.29, 1.82) is 0 Å². The maximum Gasteiger partial charge on any atom is 0.144 e. The van der Waals surface area contributed by atoms with Gasteiger partial charge in [-0.05, 0) is 6.07 Å². The SMILES string of the molecule is Cn1c2ccccc2c2cncnc21. The molecule has 3 rings (SSSR count). The molecule has 1 aromatic carbocycles. The molecule has 2 aromatic heterocycles. The smallest absolute Gasteiger partial charge is 0.144 e. The Balaban J connectivity index is 2.69. The van der Waals surface area contributed by atoms with Gasteiger partial charge in [0.05, 0.1) is 5.52 Å². The number of aromatic nitrogens is 3. The lowest BCUT2D eigenvalue weighted by atomic mass is 10.2. The molecule has 0 fully saturated rings. The van der Waals surface area contributed by atoms with Crippen molar-refractivity contribution in [3.8, 4) is 0 Å². The zero-order chi connectivity index (χ0) is 9.54. The molecule has 0 aliphatic rings. The van der Waals surface area contributed by atoms with Crippen LogP contribution < -0.4 is 0 Å². The molecule has 2 heterocycles. The Bertz CT molecular complexity index is 557. The molecular formula is C11H9N3. The van der Waals surface area contributed by atoms with Crippen LogP contribution in [-0.2, 0) is 7.05 Å². The summed E-state index contributed by atoms with van der Waals surface area (Å²) in [6, 6.07) is 8.27. The van der Waals surface area contributed by atoms with E-state index in [1.54, 1.807) is 6.33 Å². The lowest BCUT2D eigenvalue weighted by Crippen LogP contribution is -1.88. The third kappa shape index (κ3) is 0.812. The van der Waals surface area contributed by atoms with Crippen LogP contribution in [0.4, 0.5) is 0 Å². The van der Waals surface area contributed by atoms with Gasteiger partial charge in [0.15, 0.2) is 0 Å². The van der Waals surface area contributed by atoms with E-state index in [1.165, 1.54) is 10.9 Å². The van der Waals surface area contributed by atoms with Crippen LogP contribution in [0.3, 0.4) is 0 Å². The Morgan fingerprint density at radius 1 is 1.14 bits per heavy atom. The summed E-state index contributed by atoms with van der Waals surface area (Å²) in [7, 11) is 2.03. The first-order valence-electron chi connectivity index (χ1n) is 4.51. The summed E-state index contributed by atoms with van der Waals surface area (Å²) < 4.78 is 2.09. The lowest BCUT2D eigenvalue weighted by molar-refractivity contribution is 0.982. The molecule has 0 amide bonds. The second-order valence-corrected chi connectivity index (χ2v) is 3.34. The Morgan fingerprint density at radius 2 is 2.00 bits per heavy atom. The van der Waals surface area contributed by atoms with Gasteiger partial charge in [-0.2, -0.15) is 0 Å². The van der Waals surface area contributed by atoms with Gasteiger partial charge in [-0.25, -0.2) is 9.97 Å². The summed E-state index contributed by atoms with van der Waals surface area (Å²) in [5.41, 5.74) is 2.18. The molecule has 3 nitrogen and oxygen atoms in total. The van der Waals surface area contributed by atoms with Gasteiger partial charge >= 0.3 is 0 Å². The minimum Gasteiger partial charge on any atom is -0.328 e. The largest absolute Gasteiger partial charge is 0.328 e. The fourth-order valence-electron chi connectivity index (χ4n) is 1.89. The Labute approximate surface area is 81.0 Å². The number of aryl methyl sites for hydroxylation is 1. The molecule has 0 bridgehead atoms. The van der Waals surface area contributed by atoms with Gasteiger partial charge in [-0.1, -0.05) is 18.2 Å². The number of hydrogen-bond acceptors (Lipinski definition) is 2. The van der Waals surface area contributed by atoms with E-state index in [0.717, 1.165) is 11.0 Å². The van der Waals surface area contributed by atoms with Crippen molar-refractivity contribution in [2.45, 2.75) is 0 Å². The van der Waals surface area contributed by atoms with Crippen LogP contribution >= 0.6 is 0 Å². The lowest BCUT2D eigenvalue weighted by Gasteiger charge is -1.94. The van der Waals surface area contributed by atoms with Crippen LogP contribution in [0.1, 0.15) is 0 Å². The number of nitrogens with zero attached hydrogens (tertiary/aromatic N) is 3. The van der Waals surface area contributed by atoms with Crippen LogP contribution in [0.5, 0.6) is 0 Å². The molecule has 0 atom stereocenters. The van der Waals surface area contributed by atoms with Crippen molar-refractivity contribution in [3.63, 3.8) is 0 Å². The van der Waals surface area contributed by atoms with E-state index in [2.05, 4.69) is 26.7 Å². The van der Waals surface area contributed by atoms with Crippen molar-refractivity contribution in [3.05, 3.63) is 36.8 Å². The fraction of sp³-hybridized carbons (Fsp3) is 0.0909. The zero-order valence-electron chi connectivity index (χ0n) is 7.81. The first kappa shape index (κ1) is 7.50. The molecule has 0 radical (unpaired) electrons. The monoisotopic (exact) mass is 183 g/mol. The molecule has 0 saturated carbocycles. The third-order valence-electron chi connectivity index (χ3n) is 2.56. The minimum absolute atomic E-state index is 0.987. The maximum atomic E-state index is 4.27. The summed E-state index contributed by atoms with van der Waals surface area (Å²) in [6.07, 6.45) is 3.45. The number of benzene rings is 1. The Kier molecular flexibility index (Phi) is 1.36. The predicted molar refractivity (Wildman–Crippen MR) is 56.0 cm³/mol. The van der Waals surface area contributed by atoms with E-state index < -0.39 is 0 Å². The van der Waals surface area contributed by atoms with Crippen molar-refractivity contribution in [1.82, 2.24) is 14.5 Å². The summed E-state index contributed by atoms with van der Waals surface area (Å²) in [6.45, 7) is 0. The van der Waals surface area contributed by atoms with Crippen LogP contribution in [0, 0.1) is 0 Å². The molecule has 0 aliphatic carbocycles. The highest BCUT2D eigenvalue weighted by Crippen LogP contribution is 2.24. The summed E-state index contributed by atoms with van der Waals surface area (Å²) in [4.78, 5) is 8.32. The van der Waals surface area contributed by atoms with Crippen LogP contribution in [0.25, 0.3) is 21.9 Å². The van der Waals surface area contributed by atoms with Crippen molar-refractivity contribution in [2.75, 3.05) is 0 Å². The van der Waals surface area contributed by atoms with Crippen molar-refractivity contribution >= 4 is 21.9 Å². The summed E-state index contributed by atoms with van der Waals surface area (Å²) in [5, 5.41) is 2.33. The second kappa shape index (κ2) is 2.54. The van der Waals surface area contributed by atoms with E-state index in [-0.39, 0.29) is 0 Å². The highest BCUT2D eigenvalue weighted by molar-refractivity contribution is 6.05. The van der Waals surface area contributed by atoms with Gasteiger partial charge in [0.1, 0.15) is 12.0 Å². The van der Waals surface area contributed by atoms with Gasteiger partial charge in [-0.3, -0.25) is 0 Å². The van der Waals surface area contributed by atoms with Gasteiger partial charge in [0, 0.05) is 24.0 Å². The van der Waals surface area contributed by atoms with E-state index >= 15 is 0 Å². The van der Waals surface area contributed by atoms with Crippen LogP contribution in [-0.4, -0.2) is 14.5 Å². The fourth-order valence-corrected chi connectivity index (χ4v) is 1.89. The molecule has 14 heavy (non-hydrogen) atoms. The van der Waals surface area contributed by atoms with Gasteiger partial charge in [0.25, 0.3) is 0 Å². The standard InChI is InChI=1S/C11H9N3/c1-14-10-5-3-2-4-8(10)9-6-12-7-13-11(9)14/h2-7H,1H3. The minimum atomic E-state index is 0.987. The summed E-state index contributed by atoms with van der Waals surface area (Å²) >= 11 is 0. The summed E-state index contributed by atoms with van der Waals surface area (Å²) in [5.74, 6) is 0. The number of para-hydroxylation sites is 1. The normalized spacial score (nSPS) is 11.2.